The molecule has 1 saturated heterocycles. The molecule has 0 unspecified atom stereocenters. The number of pyridine rings is 1. The van der Waals surface area contributed by atoms with Crippen molar-refractivity contribution in [1.29, 1.82) is 0 Å². The Morgan fingerprint density at radius 2 is 1.81 bits per heavy atom. The van der Waals surface area contributed by atoms with E-state index in [9.17, 15) is 32.3 Å². The number of piperidine rings is 1. The number of rotatable bonds is 4. The van der Waals surface area contributed by atoms with Crippen LogP contribution < -0.4 is 10.6 Å². The first kappa shape index (κ1) is 35.0. The van der Waals surface area contributed by atoms with E-state index >= 15 is 0 Å². The lowest BCUT2D eigenvalue weighted by atomic mass is 9.98. The van der Waals surface area contributed by atoms with Crippen LogP contribution in [0.3, 0.4) is 0 Å². The Morgan fingerprint density at radius 1 is 1.04 bits per heavy atom. The smallest absolute Gasteiger partial charge is 0.355 e. The zero-order valence-electron chi connectivity index (χ0n) is 28.9. The van der Waals surface area contributed by atoms with E-state index in [0.717, 1.165) is 22.8 Å². The predicted molar refractivity (Wildman–Crippen MR) is 184 cm³/mol. The van der Waals surface area contributed by atoms with Gasteiger partial charge in [-0.2, -0.15) is 18.3 Å². The van der Waals surface area contributed by atoms with Crippen molar-refractivity contribution in [3.05, 3.63) is 77.2 Å². The van der Waals surface area contributed by atoms with Gasteiger partial charge in [0, 0.05) is 54.7 Å². The maximum absolute atomic E-state index is 14.4. The number of ketones is 1. The third-order valence-electron chi connectivity index (χ3n) is 10.2. The maximum atomic E-state index is 14.4. The molecule has 3 atom stereocenters. The Morgan fingerprint density at radius 3 is 2.54 bits per heavy atom. The van der Waals surface area contributed by atoms with Crippen molar-refractivity contribution in [2.45, 2.75) is 84.1 Å². The minimum atomic E-state index is -4.72. The number of hydrogen-bond donors (Lipinski definition) is 2. The van der Waals surface area contributed by atoms with Crippen molar-refractivity contribution < 1.29 is 32.3 Å². The molecule has 4 aromatic rings. The number of carbonyl (C=O) groups is 4. The van der Waals surface area contributed by atoms with E-state index in [1.807, 2.05) is 24.3 Å². The molecule has 3 amide bonds. The lowest BCUT2D eigenvalue weighted by molar-refractivity contribution is -0.141. The van der Waals surface area contributed by atoms with E-state index in [1.165, 1.54) is 29.5 Å². The average Bonchev–Trinajstić information content (AvgIpc) is 3.50. The molecular weight excluding hydrogens is 677 g/mol. The number of nitrogens with one attached hydrogen (secondary N) is 2. The van der Waals surface area contributed by atoms with Gasteiger partial charge in [0.05, 0.1) is 5.52 Å². The first-order chi connectivity index (χ1) is 24.7. The van der Waals surface area contributed by atoms with Gasteiger partial charge in [-0.05, 0) is 80.8 Å². The molecule has 2 bridgehead atoms. The average molecular weight is 715 g/mol. The highest BCUT2D eigenvalue weighted by Gasteiger charge is 2.67. The number of anilines is 1. The second-order valence-corrected chi connectivity index (χ2v) is 13.9. The fourth-order valence-corrected chi connectivity index (χ4v) is 7.41. The summed E-state index contributed by atoms with van der Waals surface area (Å²) >= 11 is 0. The fourth-order valence-electron chi connectivity index (χ4n) is 7.41. The van der Waals surface area contributed by atoms with Gasteiger partial charge in [-0.25, -0.2) is 15.0 Å². The van der Waals surface area contributed by atoms with E-state index in [-0.39, 0.29) is 42.7 Å². The van der Waals surface area contributed by atoms with Gasteiger partial charge in [0.2, 0.25) is 17.7 Å². The van der Waals surface area contributed by atoms with Gasteiger partial charge in [0.1, 0.15) is 35.6 Å². The molecule has 1 aromatic carbocycles. The topological polar surface area (TPSA) is 152 Å². The second-order valence-electron chi connectivity index (χ2n) is 13.9. The van der Waals surface area contributed by atoms with Gasteiger partial charge in [0.15, 0.2) is 5.78 Å². The largest absolute Gasteiger partial charge is 0.433 e. The van der Waals surface area contributed by atoms with Crippen LogP contribution in [-0.4, -0.2) is 71.8 Å². The van der Waals surface area contributed by atoms with Crippen LogP contribution in [0.15, 0.2) is 48.8 Å². The number of nitrogens with zero attached hydrogens (tertiary/aromatic N) is 6. The SMILES string of the molecule is CC(=O)c1nn2c3c(cc(-c4cnc(C)nc4)cc13)CC=CCCCC(=O)NC[C@@]13C[C@@H](C(=O)Nc4nc(C(F)(F)F)ccc4C)N(C(=O)C2)[C@@H]1C3. The first-order valence-corrected chi connectivity index (χ1v) is 17.2. The molecule has 52 heavy (non-hydrogen) atoms. The highest BCUT2D eigenvalue weighted by Crippen LogP contribution is 2.59. The number of aryl methyl sites for hydroxylation is 2. The van der Waals surface area contributed by atoms with Crippen molar-refractivity contribution in [3.8, 4) is 11.1 Å². The minimum Gasteiger partial charge on any atom is -0.355 e. The first-order valence-electron chi connectivity index (χ1n) is 17.2. The summed E-state index contributed by atoms with van der Waals surface area (Å²) in [5, 5.41) is 10.7. The fraction of sp³-hybridized carbons (Fsp3) is 0.405. The molecule has 270 valence electrons. The summed E-state index contributed by atoms with van der Waals surface area (Å²) in [5.41, 5.74) is 1.66. The van der Waals surface area contributed by atoms with E-state index in [1.54, 1.807) is 19.3 Å². The van der Waals surface area contributed by atoms with Crippen LogP contribution in [0, 0.1) is 19.3 Å². The third-order valence-corrected chi connectivity index (χ3v) is 10.2. The quantitative estimate of drug-likeness (QED) is 0.218. The van der Waals surface area contributed by atoms with Crippen molar-refractivity contribution in [3.63, 3.8) is 0 Å². The molecular formula is C37H37F3N8O4. The molecule has 2 N–H and O–H groups in total. The van der Waals surface area contributed by atoms with Gasteiger partial charge in [-0.1, -0.05) is 18.2 Å². The number of alkyl halides is 3. The molecule has 12 nitrogen and oxygen atoms in total. The van der Waals surface area contributed by atoms with Crippen LogP contribution in [0.5, 0.6) is 0 Å². The van der Waals surface area contributed by atoms with Crippen molar-refractivity contribution in [2.75, 3.05) is 11.9 Å². The summed E-state index contributed by atoms with van der Waals surface area (Å²) < 4.78 is 42.0. The van der Waals surface area contributed by atoms with Crippen molar-refractivity contribution in [1.82, 2.24) is 34.9 Å². The molecule has 0 radical (unpaired) electrons. The van der Waals surface area contributed by atoms with Crippen molar-refractivity contribution in [2.24, 2.45) is 5.41 Å². The summed E-state index contributed by atoms with van der Waals surface area (Å²) in [6.45, 7) is 4.66. The molecule has 0 spiro atoms. The molecule has 5 heterocycles. The molecule has 1 saturated carbocycles. The standard InChI is InChI=1S/C37H37F3N8O4/c1-20-10-11-28(37(38,39)40)44-34(20)45-35(52)27-14-36-15-29(36)48(27)31(51)18-47-33-23(8-6-4-5-7-9-30(50)43-19-36)12-24(25-16-41-22(3)42-17-25)13-26(33)32(46-47)21(2)49/h4,6,10-13,16-17,27,29H,5,7-9,14-15,18-19H2,1-3H3,(H,43,50)(H,44,45,52)/t27-,29+,36-/m0/s1. The van der Waals surface area contributed by atoms with Gasteiger partial charge in [-0.15, -0.1) is 0 Å². The number of amides is 3. The van der Waals surface area contributed by atoms with Crippen LogP contribution in [0.4, 0.5) is 19.0 Å². The van der Waals surface area contributed by atoms with Crippen LogP contribution in [0.1, 0.15) is 72.2 Å². The van der Waals surface area contributed by atoms with Crippen LogP contribution >= 0.6 is 0 Å². The summed E-state index contributed by atoms with van der Waals surface area (Å²) in [4.78, 5) is 67.9. The number of hydrogen-bond acceptors (Lipinski definition) is 8. The van der Waals surface area contributed by atoms with E-state index in [2.05, 4.69) is 30.7 Å². The zero-order chi connectivity index (χ0) is 36.9. The Balaban J connectivity index is 1.29. The minimum absolute atomic E-state index is 0.140. The van der Waals surface area contributed by atoms with Crippen molar-refractivity contribution >= 4 is 40.2 Å². The number of halogens is 3. The molecule has 7 rings (SSSR count). The Bertz CT molecular complexity index is 2140. The Labute approximate surface area is 296 Å². The van der Waals surface area contributed by atoms with Gasteiger partial charge in [0.25, 0.3) is 0 Å². The van der Waals surface area contributed by atoms with Gasteiger partial charge in [-0.3, -0.25) is 23.9 Å². The summed E-state index contributed by atoms with van der Waals surface area (Å²) in [7, 11) is 0. The van der Waals surface area contributed by atoms with E-state index in [4.69, 9.17) is 0 Å². The Hall–Kier alpha value is -5.47. The third kappa shape index (κ3) is 6.66. The lowest BCUT2D eigenvalue weighted by Crippen LogP contribution is -2.47. The number of aromatic nitrogens is 5. The summed E-state index contributed by atoms with van der Waals surface area (Å²) in [6.07, 6.45) is 5.40. The van der Waals surface area contributed by atoms with E-state index < -0.39 is 41.2 Å². The van der Waals surface area contributed by atoms with Gasteiger partial charge < -0.3 is 15.5 Å². The highest BCUT2D eigenvalue weighted by atomic mass is 19.4. The number of Topliss-reactive ketones (excluding diaryl/α,β-unsaturated/α-hetero) is 1. The summed E-state index contributed by atoms with van der Waals surface area (Å²) in [5.74, 6) is -1.21. The molecule has 15 heteroatoms. The molecule has 2 aliphatic heterocycles. The van der Waals surface area contributed by atoms with Crippen LogP contribution in [0.25, 0.3) is 22.0 Å². The normalized spacial score (nSPS) is 22.2. The monoisotopic (exact) mass is 714 g/mol. The van der Waals surface area contributed by atoms with E-state index in [0.29, 0.717) is 54.4 Å². The molecule has 1 aliphatic carbocycles. The molecule has 3 aliphatic rings. The molecule has 3 aromatic heterocycles. The van der Waals surface area contributed by atoms with Crippen LogP contribution in [-0.2, 0) is 33.5 Å². The lowest BCUT2D eigenvalue weighted by Gasteiger charge is -2.27. The Kier molecular flexibility index (Phi) is 8.91. The van der Waals surface area contributed by atoms with Gasteiger partial charge >= 0.3 is 6.18 Å². The number of carbonyl (C=O) groups excluding carboxylic acids is 4. The molecule has 2 fully saturated rings. The van der Waals surface area contributed by atoms with Crippen LogP contribution in [0.2, 0.25) is 0 Å². The second kappa shape index (κ2) is 13.3. The number of benzene rings is 1. The zero-order valence-corrected chi connectivity index (χ0v) is 28.9. The maximum Gasteiger partial charge on any atom is 0.433 e. The summed E-state index contributed by atoms with van der Waals surface area (Å²) in [6, 6.07) is 4.41. The number of allylic oxidation sites excluding steroid dienone is 2. The predicted octanol–water partition coefficient (Wildman–Crippen LogP) is 5.12. The highest BCUT2D eigenvalue weighted by molar-refractivity contribution is 6.07.